The van der Waals surface area contributed by atoms with Crippen LogP contribution < -0.4 is 0 Å². The van der Waals surface area contributed by atoms with Gasteiger partial charge in [0, 0.05) is 12.3 Å². The third-order valence-corrected chi connectivity index (χ3v) is 6.69. The van der Waals surface area contributed by atoms with Crippen LogP contribution in [0.1, 0.15) is 65.7 Å². The Hall–Kier alpha value is -1.62. The van der Waals surface area contributed by atoms with Crippen LogP contribution in [0.15, 0.2) is 23.8 Å². The van der Waals surface area contributed by atoms with Gasteiger partial charge in [-0.25, -0.2) is 0 Å². The van der Waals surface area contributed by atoms with Crippen LogP contribution in [0.25, 0.3) is 0 Å². The molecule has 2 aliphatic carbocycles. The van der Waals surface area contributed by atoms with E-state index in [1.54, 1.807) is 0 Å². The van der Waals surface area contributed by atoms with Gasteiger partial charge in [0.25, 0.3) is 0 Å². The maximum Gasteiger partial charge on any atom is 0.308 e. The van der Waals surface area contributed by atoms with Crippen molar-refractivity contribution in [2.45, 2.75) is 84.0 Å². The lowest BCUT2D eigenvalue weighted by atomic mass is 9.66. The van der Waals surface area contributed by atoms with E-state index in [0.717, 1.165) is 32.1 Å². The van der Waals surface area contributed by atoms with Gasteiger partial charge in [-0.15, -0.1) is 0 Å². The second-order valence-corrected chi connectivity index (χ2v) is 8.76. The summed E-state index contributed by atoms with van der Waals surface area (Å²) in [6.07, 6.45) is 10.6. The van der Waals surface area contributed by atoms with Crippen molar-refractivity contribution in [3.05, 3.63) is 23.8 Å². The molecular weight excluding hydrogens is 356 g/mol. The lowest BCUT2D eigenvalue weighted by molar-refractivity contribution is -0.162. The zero-order valence-electron chi connectivity index (χ0n) is 17.3. The number of fused-ring (bicyclic) bond motifs is 1. The minimum Gasteiger partial charge on any atom is -0.462 e. The van der Waals surface area contributed by atoms with Gasteiger partial charge in [-0.3, -0.25) is 9.59 Å². The highest BCUT2D eigenvalue weighted by Gasteiger charge is 2.40. The molecule has 0 aromatic carbocycles. The van der Waals surface area contributed by atoms with Crippen molar-refractivity contribution in [3.8, 4) is 0 Å². The van der Waals surface area contributed by atoms with Crippen molar-refractivity contribution in [3.63, 3.8) is 0 Å². The van der Waals surface area contributed by atoms with Crippen LogP contribution in [-0.4, -0.2) is 35.4 Å². The fraction of sp³-hybridized carbons (Fsp3) is 0.739. The molecule has 1 saturated heterocycles. The van der Waals surface area contributed by atoms with Crippen molar-refractivity contribution < 1.29 is 24.2 Å². The summed E-state index contributed by atoms with van der Waals surface area (Å²) in [5.41, 5.74) is 1.27. The second kappa shape index (κ2) is 9.25. The quantitative estimate of drug-likeness (QED) is 0.695. The van der Waals surface area contributed by atoms with E-state index >= 15 is 0 Å². The van der Waals surface area contributed by atoms with E-state index in [1.807, 2.05) is 13.8 Å². The van der Waals surface area contributed by atoms with E-state index < -0.39 is 6.10 Å². The van der Waals surface area contributed by atoms with E-state index in [2.05, 4.69) is 25.2 Å². The van der Waals surface area contributed by atoms with Gasteiger partial charge < -0.3 is 14.6 Å². The number of aliphatic hydroxyl groups is 1. The van der Waals surface area contributed by atoms with Crippen LogP contribution >= 0.6 is 0 Å². The largest absolute Gasteiger partial charge is 0.462 e. The molecule has 0 spiro atoms. The number of ether oxygens (including phenoxy) is 2. The molecule has 1 fully saturated rings. The molecule has 0 aromatic rings. The molecular formula is C23H34O5. The standard InChI is InChI=1S/C23H34O5/c1-4-14(2)23(26)28-20-7-5-6-16-9-8-15(3)19(22(16)20)11-10-18-12-17(24)13-21(25)27-18/h6,8-9,14-15,17-20,22,24H,4-5,7,10-13H2,1-3H3/t14-,15-,17-,18?,19?,20+,22+/m1/s1. The fourth-order valence-electron chi connectivity index (χ4n) is 4.80. The van der Waals surface area contributed by atoms with Gasteiger partial charge >= 0.3 is 11.9 Å². The Morgan fingerprint density at radius 2 is 2.18 bits per heavy atom. The first-order chi connectivity index (χ1) is 13.4. The van der Waals surface area contributed by atoms with Crippen molar-refractivity contribution in [1.82, 2.24) is 0 Å². The number of carbonyl (C=O) groups is 2. The zero-order chi connectivity index (χ0) is 20.3. The highest BCUT2D eigenvalue weighted by molar-refractivity contribution is 5.72. The first-order valence-corrected chi connectivity index (χ1v) is 10.8. The van der Waals surface area contributed by atoms with Crippen molar-refractivity contribution in [2.75, 3.05) is 0 Å². The van der Waals surface area contributed by atoms with Crippen LogP contribution in [0.2, 0.25) is 0 Å². The van der Waals surface area contributed by atoms with Gasteiger partial charge in [0.2, 0.25) is 0 Å². The smallest absolute Gasteiger partial charge is 0.308 e. The summed E-state index contributed by atoms with van der Waals surface area (Å²) in [6, 6.07) is 0. The van der Waals surface area contributed by atoms with Crippen LogP contribution in [0.3, 0.4) is 0 Å². The Kier molecular flexibility index (Phi) is 6.97. The molecule has 0 bridgehead atoms. The van der Waals surface area contributed by atoms with E-state index in [-0.39, 0.29) is 42.4 Å². The summed E-state index contributed by atoms with van der Waals surface area (Å²) >= 11 is 0. The third-order valence-electron chi connectivity index (χ3n) is 6.69. The van der Waals surface area contributed by atoms with Gasteiger partial charge in [0.05, 0.1) is 18.4 Å². The Morgan fingerprint density at radius 1 is 1.39 bits per heavy atom. The molecule has 5 nitrogen and oxygen atoms in total. The highest BCUT2D eigenvalue weighted by atomic mass is 16.5. The summed E-state index contributed by atoms with van der Waals surface area (Å²) < 4.78 is 11.4. The van der Waals surface area contributed by atoms with Crippen LogP contribution in [0, 0.1) is 23.7 Å². The first-order valence-electron chi connectivity index (χ1n) is 10.8. The number of rotatable bonds is 6. The molecule has 3 aliphatic rings. The average molecular weight is 391 g/mol. The highest BCUT2D eigenvalue weighted by Crippen LogP contribution is 2.44. The summed E-state index contributed by atoms with van der Waals surface area (Å²) in [4.78, 5) is 24.1. The Bertz CT molecular complexity index is 637. The number of aliphatic hydroxyl groups excluding tert-OH is 1. The van der Waals surface area contributed by atoms with Crippen LogP contribution in [-0.2, 0) is 19.1 Å². The summed E-state index contributed by atoms with van der Waals surface area (Å²) in [5.74, 6) is 0.426. The molecule has 7 atom stereocenters. The molecule has 0 saturated carbocycles. The Morgan fingerprint density at radius 3 is 2.89 bits per heavy atom. The van der Waals surface area contributed by atoms with Crippen LogP contribution in [0.4, 0.5) is 0 Å². The van der Waals surface area contributed by atoms with Gasteiger partial charge in [-0.05, 0) is 49.5 Å². The second-order valence-electron chi connectivity index (χ2n) is 8.76. The lowest BCUT2D eigenvalue weighted by Gasteiger charge is -2.42. The number of allylic oxidation sites excluding steroid dienone is 3. The SMILES string of the molecule is CC[C@@H](C)C(=O)O[C@H]1CCC=C2C=C[C@@H](C)C(CCC3C[C@@H](O)CC(=O)O3)[C@H]21. The van der Waals surface area contributed by atoms with Gasteiger partial charge in [-0.1, -0.05) is 39.0 Å². The molecule has 1 aliphatic heterocycles. The third kappa shape index (κ3) is 4.86. The maximum absolute atomic E-state index is 12.4. The van der Waals surface area contributed by atoms with E-state index in [1.165, 1.54) is 5.57 Å². The van der Waals surface area contributed by atoms with Crippen LogP contribution in [0.5, 0.6) is 0 Å². The van der Waals surface area contributed by atoms with E-state index in [4.69, 9.17) is 9.47 Å². The van der Waals surface area contributed by atoms with Gasteiger partial charge in [0.1, 0.15) is 12.2 Å². The molecule has 5 heteroatoms. The molecule has 1 N–H and O–H groups in total. The predicted octanol–water partition coefficient (Wildman–Crippen LogP) is 3.95. The Labute approximate surface area is 168 Å². The summed E-state index contributed by atoms with van der Waals surface area (Å²) in [6.45, 7) is 6.14. The summed E-state index contributed by atoms with van der Waals surface area (Å²) in [5, 5.41) is 9.86. The normalized spacial score (nSPS) is 36.1. The molecule has 0 aromatic heterocycles. The van der Waals surface area contributed by atoms with Gasteiger partial charge in [-0.2, -0.15) is 0 Å². The molecule has 0 amide bonds. The predicted molar refractivity (Wildman–Crippen MR) is 106 cm³/mol. The van der Waals surface area contributed by atoms with Crippen molar-refractivity contribution in [1.29, 1.82) is 0 Å². The summed E-state index contributed by atoms with van der Waals surface area (Å²) in [7, 11) is 0. The number of esters is 2. The topological polar surface area (TPSA) is 72.8 Å². The number of carbonyl (C=O) groups excluding carboxylic acids is 2. The lowest BCUT2D eigenvalue weighted by Crippen LogP contribution is -2.40. The molecule has 28 heavy (non-hydrogen) atoms. The van der Waals surface area contributed by atoms with Gasteiger partial charge in [0.15, 0.2) is 0 Å². The maximum atomic E-state index is 12.4. The zero-order valence-corrected chi connectivity index (χ0v) is 17.3. The van der Waals surface area contributed by atoms with Crippen molar-refractivity contribution in [2.24, 2.45) is 23.7 Å². The van der Waals surface area contributed by atoms with E-state index in [9.17, 15) is 14.7 Å². The number of cyclic esters (lactones) is 1. The van der Waals surface area contributed by atoms with E-state index in [0.29, 0.717) is 18.3 Å². The average Bonchev–Trinajstić information content (AvgIpc) is 2.66. The minimum absolute atomic E-state index is 0.0764. The molecule has 1 heterocycles. The molecule has 2 unspecified atom stereocenters. The first kappa shape index (κ1) is 21.1. The molecule has 156 valence electrons. The van der Waals surface area contributed by atoms with Crippen molar-refractivity contribution >= 4 is 11.9 Å². The fourth-order valence-corrected chi connectivity index (χ4v) is 4.80. The number of hydrogen-bond acceptors (Lipinski definition) is 5. The monoisotopic (exact) mass is 390 g/mol. The molecule has 3 rings (SSSR count). The molecule has 0 radical (unpaired) electrons. The number of hydrogen-bond donors (Lipinski definition) is 1. The minimum atomic E-state index is -0.593. The Balaban J connectivity index is 1.70.